The largest absolute Gasteiger partial charge is 0.361 e. The summed E-state index contributed by atoms with van der Waals surface area (Å²) in [5, 5.41) is 8.57. The highest BCUT2D eigenvalue weighted by Crippen LogP contribution is 2.35. The van der Waals surface area contributed by atoms with Crippen molar-refractivity contribution in [1.82, 2.24) is 39.2 Å². The molecule has 13 heteroatoms. The predicted octanol–water partition coefficient (Wildman–Crippen LogP) is 5.13. The van der Waals surface area contributed by atoms with E-state index in [4.69, 9.17) is 14.6 Å². The summed E-state index contributed by atoms with van der Waals surface area (Å²) >= 11 is 0. The number of carbonyl (C=O) groups excluding carboxylic acids is 2. The van der Waals surface area contributed by atoms with E-state index in [0.29, 0.717) is 60.0 Å². The van der Waals surface area contributed by atoms with Gasteiger partial charge in [0, 0.05) is 42.5 Å². The van der Waals surface area contributed by atoms with Crippen molar-refractivity contribution in [3.05, 3.63) is 108 Å². The van der Waals surface area contributed by atoms with Crippen LogP contribution in [0, 0.1) is 18.7 Å². The van der Waals surface area contributed by atoms with E-state index >= 15 is 0 Å². The summed E-state index contributed by atoms with van der Waals surface area (Å²) in [5.74, 6) is -0.989. The van der Waals surface area contributed by atoms with Crippen molar-refractivity contribution in [1.29, 1.82) is 0 Å². The van der Waals surface area contributed by atoms with Gasteiger partial charge in [0.2, 0.25) is 5.95 Å². The van der Waals surface area contributed by atoms with Crippen molar-refractivity contribution in [3.63, 3.8) is 0 Å². The number of benzene rings is 1. The van der Waals surface area contributed by atoms with Crippen LogP contribution >= 0.6 is 0 Å². The summed E-state index contributed by atoms with van der Waals surface area (Å²) < 4.78 is 36.1. The van der Waals surface area contributed by atoms with Crippen LogP contribution in [0.4, 0.5) is 8.78 Å². The van der Waals surface area contributed by atoms with Crippen molar-refractivity contribution in [2.75, 3.05) is 13.1 Å². The Bertz CT molecular complexity index is 2040. The number of aryl methyl sites for hydroxylation is 1. The minimum atomic E-state index is -0.724. The highest BCUT2D eigenvalue weighted by atomic mass is 19.1. The molecule has 0 unspecified atom stereocenters. The first-order valence-electron chi connectivity index (χ1n) is 14.4. The summed E-state index contributed by atoms with van der Waals surface area (Å²) in [5.41, 5.74) is 4.39. The summed E-state index contributed by atoms with van der Waals surface area (Å²) in [6.45, 7) is 2.78. The van der Waals surface area contributed by atoms with E-state index in [-0.39, 0.29) is 35.5 Å². The quantitative estimate of drug-likeness (QED) is 0.180. The molecule has 0 aliphatic carbocycles. The zero-order valence-corrected chi connectivity index (χ0v) is 24.1. The Balaban J connectivity index is 1.20. The summed E-state index contributed by atoms with van der Waals surface area (Å²) in [7, 11) is 0. The minimum absolute atomic E-state index is 0.0172. The Morgan fingerprint density at radius 1 is 1.02 bits per heavy atom. The average Bonchev–Trinajstić information content (AvgIpc) is 3.79. The lowest BCUT2D eigenvalue weighted by Gasteiger charge is -2.33. The number of likely N-dealkylation sites (tertiary alicyclic amines) is 1. The molecule has 0 bridgehead atoms. The van der Waals surface area contributed by atoms with Gasteiger partial charge in [-0.25, -0.2) is 23.9 Å². The fraction of sp³-hybridized carbons (Fsp3) is 0.219. The van der Waals surface area contributed by atoms with Gasteiger partial charge in [0.05, 0.1) is 42.2 Å². The van der Waals surface area contributed by atoms with Gasteiger partial charge >= 0.3 is 0 Å². The fourth-order valence-corrected chi connectivity index (χ4v) is 5.72. The number of imidazole rings is 2. The van der Waals surface area contributed by atoms with Gasteiger partial charge < -0.3 is 14.0 Å². The lowest BCUT2D eigenvalue weighted by Crippen LogP contribution is -2.39. The van der Waals surface area contributed by atoms with Gasteiger partial charge in [-0.1, -0.05) is 5.16 Å². The molecule has 0 radical (unpaired) electrons. The highest BCUT2D eigenvalue weighted by molar-refractivity contribution is 5.97. The van der Waals surface area contributed by atoms with E-state index in [1.165, 1.54) is 30.6 Å². The molecule has 11 nitrogen and oxygen atoms in total. The SMILES string of the molecule is Cc1oncc1C(=O)N1CCC(n2cnc(-c3ccc(F)cc3)c2-c2ccc3nc(CC(=O)c4ccnc(F)c4)cn3n2)CC1. The van der Waals surface area contributed by atoms with Crippen molar-refractivity contribution >= 4 is 17.3 Å². The second kappa shape index (κ2) is 11.5. The van der Waals surface area contributed by atoms with Gasteiger partial charge in [0.25, 0.3) is 5.91 Å². The van der Waals surface area contributed by atoms with Crippen molar-refractivity contribution in [2.45, 2.75) is 32.2 Å². The molecule has 0 atom stereocenters. The molecule has 45 heavy (non-hydrogen) atoms. The zero-order chi connectivity index (χ0) is 31.1. The zero-order valence-electron chi connectivity index (χ0n) is 24.1. The number of amides is 1. The standard InChI is InChI=1S/C32H26F2N8O3/c1-19-25(16-37-45-19)32(44)40-12-9-24(10-13-40)41-18-36-30(20-2-4-22(33)5-3-20)31(41)26-6-7-29-38-23(17-42(29)39-26)15-27(43)21-8-11-35-28(34)14-21/h2-8,11,14,16-18,24H,9-10,12-13,15H2,1H3. The predicted molar refractivity (Wildman–Crippen MR) is 157 cm³/mol. The third-order valence-corrected chi connectivity index (χ3v) is 8.04. The number of halogens is 2. The van der Waals surface area contributed by atoms with Crippen molar-refractivity contribution in [2.24, 2.45) is 0 Å². The Labute approximate surface area is 255 Å². The monoisotopic (exact) mass is 608 g/mol. The molecule has 6 heterocycles. The normalized spacial score (nSPS) is 13.9. The molecule has 1 aliphatic heterocycles. The first kappa shape index (κ1) is 28.2. The highest BCUT2D eigenvalue weighted by Gasteiger charge is 2.29. The fourth-order valence-electron chi connectivity index (χ4n) is 5.72. The molecule has 1 saturated heterocycles. The Hall–Kier alpha value is -5.59. The van der Waals surface area contributed by atoms with Crippen LogP contribution in [0.2, 0.25) is 0 Å². The van der Waals surface area contributed by atoms with Crippen LogP contribution in [0.25, 0.3) is 28.3 Å². The minimum Gasteiger partial charge on any atom is -0.361 e. The van der Waals surface area contributed by atoms with Crippen molar-refractivity contribution < 1.29 is 22.9 Å². The molecule has 226 valence electrons. The molecule has 1 aromatic carbocycles. The number of fused-ring (bicyclic) bond motifs is 1. The second-order valence-electron chi connectivity index (χ2n) is 10.9. The van der Waals surface area contributed by atoms with E-state index < -0.39 is 5.95 Å². The van der Waals surface area contributed by atoms with Gasteiger partial charge in [-0.2, -0.15) is 9.49 Å². The molecule has 1 amide bonds. The number of carbonyl (C=O) groups is 2. The smallest absolute Gasteiger partial charge is 0.259 e. The molecule has 0 spiro atoms. The Kier molecular flexibility index (Phi) is 7.20. The van der Waals surface area contributed by atoms with Crippen LogP contribution in [0.3, 0.4) is 0 Å². The molecule has 0 N–H and O–H groups in total. The summed E-state index contributed by atoms with van der Waals surface area (Å²) in [6.07, 6.45) is 7.45. The lowest BCUT2D eigenvalue weighted by molar-refractivity contribution is 0.0693. The first-order valence-corrected chi connectivity index (χ1v) is 14.4. The van der Waals surface area contributed by atoms with Crippen molar-refractivity contribution in [3.8, 4) is 22.6 Å². The molecule has 0 saturated carbocycles. The number of aromatic nitrogens is 7. The molecule has 6 aromatic rings. The molecule has 7 rings (SSSR count). The van der Waals surface area contributed by atoms with E-state index in [1.54, 1.807) is 47.1 Å². The van der Waals surface area contributed by atoms with Crippen LogP contribution in [0.1, 0.15) is 51.1 Å². The van der Waals surface area contributed by atoms with Gasteiger partial charge in [0.15, 0.2) is 11.4 Å². The number of rotatable bonds is 7. The number of hydrogen-bond donors (Lipinski definition) is 0. The van der Waals surface area contributed by atoms with E-state index in [2.05, 4.69) is 19.7 Å². The van der Waals surface area contributed by atoms with Gasteiger partial charge in [-0.05, 0) is 62.2 Å². The molecule has 5 aromatic heterocycles. The second-order valence-corrected chi connectivity index (χ2v) is 10.9. The summed E-state index contributed by atoms with van der Waals surface area (Å²) in [4.78, 5) is 40.4. The molecular weight excluding hydrogens is 582 g/mol. The van der Waals surface area contributed by atoms with Crippen LogP contribution in [-0.4, -0.2) is 64.0 Å². The third-order valence-electron chi connectivity index (χ3n) is 8.04. The topological polar surface area (TPSA) is 124 Å². The van der Waals surface area contributed by atoms with Crippen LogP contribution in [-0.2, 0) is 6.42 Å². The Morgan fingerprint density at radius 3 is 2.56 bits per heavy atom. The number of piperidine rings is 1. The number of ketones is 1. The first-order chi connectivity index (χ1) is 21.8. The third kappa shape index (κ3) is 5.48. The van der Waals surface area contributed by atoms with Gasteiger partial charge in [-0.3, -0.25) is 9.59 Å². The van der Waals surface area contributed by atoms with E-state index in [9.17, 15) is 18.4 Å². The van der Waals surface area contributed by atoms with E-state index in [1.807, 2.05) is 6.07 Å². The number of hydrogen-bond acceptors (Lipinski definition) is 8. The maximum Gasteiger partial charge on any atom is 0.259 e. The van der Waals surface area contributed by atoms with Crippen LogP contribution < -0.4 is 0 Å². The maximum absolute atomic E-state index is 13.8. The maximum atomic E-state index is 13.8. The average molecular weight is 609 g/mol. The van der Waals surface area contributed by atoms with Crippen LogP contribution in [0.5, 0.6) is 0 Å². The van der Waals surface area contributed by atoms with Gasteiger partial charge in [-0.15, -0.1) is 0 Å². The number of nitrogens with zero attached hydrogens (tertiary/aromatic N) is 8. The number of Topliss-reactive ketones (excluding diaryl/α,β-unsaturated/α-hetero) is 1. The number of pyridine rings is 1. The molecule has 1 aliphatic rings. The van der Waals surface area contributed by atoms with E-state index in [0.717, 1.165) is 17.3 Å². The molecular formula is C32H26F2N8O3. The lowest BCUT2D eigenvalue weighted by atomic mass is 10.0. The molecule has 1 fully saturated rings. The van der Waals surface area contributed by atoms with Crippen LogP contribution in [0.15, 0.2) is 78.0 Å². The van der Waals surface area contributed by atoms with Gasteiger partial charge in [0.1, 0.15) is 22.8 Å². The Morgan fingerprint density at radius 2 is 1.82 bits per heavy atom. The summed E-state index contributed by atoms with van der Waals surface area (Å²) in [6, 6.07) is 12.3.